The maximum atomic E-state index is 12.8. The van der Waals surface area contributed by atoms with E-state index in [1.165, 1.54) is 103 Å². The van der Waals surface area contributed by atoms with Crippen LogP contribution >= 0.6 is 7.82 Å². The van der Waals surface area contributed by atoms with Gasteiger partial charge in [-0.2, -0.15) is 0 Å². The Morgan fingerprint density at radius 2 is 1.10 bits per heavy atom. The van der Waals surface area contributed by atoms with Crippen LogP contribution in [-0.4, -0.2) is 73.4 Å². The number of hydrogen-bond acceptors (Lipinski definition) is 5. The summed E-state index contributed by atoms with van der Waals surface area (Å²) in [4.78, 5) is 23.0. The lowest BCUT2D eigenvalue weighted by molar-refractivity contribution is -0.870. The van der Waals surface area contributed by atoms with Crippen LogP contribution in [0.2, 0.25) is 0 Å². The average Bonchev–Trinajstić information content (AvgIpc) is 3.04. The van der Waals surface area contributed by atoms with Crippen molar-refractivity contribution >= 4 is 13.7 Å². The highest BCUT2D eigenvalue weighted by Gasteiger charge is 2.27. The monoisotopic (exact) mass is 716 g/mol. The topological polar surface area (TPSA) is 105 Å². The summed E-state index contributed by atoms with van der Waals surface area (Å²) in [5.41, 5.74) is 0. The van der Waals surface area contributed by atoms with E-state index in [1.54, 1.807) is 6.08 Å². The highest BCUT2D eigenvalue weighted by molar-refractivity contribution is 7.47. The zero-order valence-corrected chi connectivity index (χ0v) is 33.6. The minimum atomic E-state index is -4.33. The van der Waals surface area contributed by atoms with E-state index in [9.17, 15) is 19.4 Å². The number of unbranched alkanes of at least 4 members (excludes halogenated alkanes) is 21. The number of aliphatic hydroxyl groups is 1. The fourth-order valence-corrected chi connectivity index (χ4v) is 6.36. The second kappa shape index (κ2) is 32.9. The molecule has 0 spiro atoms. The number of amides is 1. The summed E-state index contributed by atoms with van der Waals surface area (Å²) in [7, 11) is 1.56. The molecule has 1 amide bonds. The number of carbonyl (C=O) groups excluding carboxylic acids is 1. The number of nitrogens with zero attached hydrogens (tertiary/aromatic N) is 1. The predicted molar refractivity (Wildman–Crippen MR) is 208 cm³/mol. The first-order chi connectivity index (χ1) is 23.5. The van der Waals surface area contributed by atoms with Gasteiger partial charge in [-0.15, -0.1) is 0 Å². The lowest BCUT2D eigenvalue weighted by atomic mass is 10.1. The molecule has 0 saturated heterocycles. The molecule has 3 N–H and O–H groups in total. The van der Waals surface area contributed by atoms with Gasteiger partial charge in [0.2, 0.25) is 5.91 Å². The van der Waals surface area contributed by atoms with Crippen LogP contribution in [0.3, 0.4) is 0 Å². The molecule has 3 unspecified atom stereocenters. The molecule has 3 atom stereocenters. The van der Waals surface area contributed by atoms with Crippen molar-refractivity contribution in [2.24, 2.45) is 0 Å². The van der Waals surface area contributed by atoms with Crippen LogP contribution in [0.1, 0.15) is 174 Å². The van der Waals surface area contributed by atoms with Crippen molar-refractivity contribution in [2.75, 3.05) is 40.9 Å². The molecule has 0 rings (SSSR count). The molecule has 0 aliphatic carbocycles. The first-order valence-corrected chi connectivity index (χ1v) is 21.7. The van der Waals surface area contributed by atoms with E-state index in [0.29, 0.717) is 17.4 Å². The summed E-state index contributed by atoms with van der Waals surface area (Å²) < 4.78 is 23.4. The van der Waals surface area contributed by atoms with Crippen molar-refractivity contribution in [2.45, 2.75) is 187 Å². The molecule has 0 radical (unpaired) electrons. The van der Waals surface area contributed by atoms with Gasteiger partial charge in [-0.05, 0) is 44.9 Å². The number of rotatable bonds is 36. The standard InChI is InChI=1S/C40H79N2O6P/c1-6-8-10-12-14-16-18-19-20-21-22-24-26-28-30-32-34-40(44)41-38(37-48-49(45,46)47-36-35-42(3,4)5)39(43)33-31-29-27-25-23-17-15-13-11-9-7-2/h20-21,31,33,38-39,43H,6-19,22-30,32,34-37H2,1-5H3,(H-,41,44,45,46)/p+1/b21-20-,33-31+. The van der Waals surface area contributed by atoms with E-state index >= 15 is 0 Å². The second-order valence-corrected chi connectivity index (χ2v) is 16.5. The van der Waals surface area contributed by atoms with Crippen LogP contribution in [0.5, 0.6) is 0 Å². The number of carbonyl (C=O) groups is 1. The van der Waals surface area contributed by atoms with Crippen molar-refractivity contribution < 1.29 is 32.9 Å². The number of allylic oxidation sites excluding steroid dienone is 3. The van der Waals surface area contributed by atoms with Gasteiger partial charge in [0.15, 0.2) is 0 Å². The fraction of sp³-hybridized carbons (Fsp3) is 0.875. The Hall–Kier alpha value is -1.02. The number of quaternary nitrogens is 1. The Kier molecular flexibility index (Phi) is 32.2. The van der Waals surface area contributed by atoms with Gasteiger partial charge < -0.3 is 19.8 Å². The van der Waals surface area contributed by atoms with Gasteiger partial charge in [-0.1, -0.05) is 147 Å². The second-order valence-electron chi connectivity index (χ2n) is 15.0. The number of likely N-dealkylation sites (N-methyl/N-ethyl adjacent to an activating group) is 1. The Labute approximate surface area is 303 Å². The fourth-order valence-electron chi connectivity index (χ4n) is 5.62. The van der Waals surface area contributed by atoms with Gasteiger partial charge >= 0.3 is 7.82 Å². The zero-order chi connectivity index (χ0) is 36.5. The zero-order valence-electron chi connectivity index (χ0n) is 32.7. The van der Waals surface area contributed by atoms with Gasteiger partial charge in [0.25, 0.3) is 0 Å². The molecular weight excluding hydrogens is 635 g/mol. The summed E-state index contributed by atoms with van der Waals surface area (Å²) >= 11 is 0. The van der Waals surface area contributed by atoms with Crippen LogP contribution in [0.4, 0.5) is 0 Å². The molecule has 0 aromatic heterocycles. The van der Waals surface area contributed by atoms with Crippen LogP contribution in [0.25, 0.3) is 0 Å². The summed E-state index contributed by atoms with van der Waals surface area (Å²) in [5.74, 6) is -0.188. The lowest BCUT2D eigenvalue weighted by Crippen LogP contribution is -2.45. The number of phosphoric acid groups is 1. The maximum Gasteiger partial charge on any atom is 0.472 e. The van der Waals surface area contributed by atoms with Crippen LogP contribution in [0, 0.1) is 0 Å². The lowest BCUT2D eigenvalue weighted by Gasteiger charge is -2.25. The number of hydrogen-bond donors (Lipinski definition) is 3. The van der Waals surface area contributed by atoms with Crippen LogP contribution < -0.4 is 5.32 Å². The van der Waals surface area contributed by atoms with Gasteiger partial charge in [-0.25, -0.2) is 4.57 Å². The molecule has 9 heteroatoms. The molecule has 0 aliphatic heterocycles. The first kappa shape index (κ1) is 48.0. The molecule has 0 fully saturated rings. The third-order valence-electron chi connectivity index (χ3n) is 8.92. The molecule has 0 aliphatic rings. The third-order valence-corrected chi connectivity index (χ3v) is 9.90. The van der Waals surface area contributed by atoms with Crippen molar-refractivity contribution in [1.29, 1.82) is 0 Å². The number of phosphoric ester groups is 1. The highest BCUT2D eigenvalue weighted by atomic mass is 31.2. The van der Waals surface area contributed by atoms with Crippen molar-refractivity contribution in [3.05, 3.63) is 24.3 Å². The molecule has 0 aromatic rings. The maximum absolute atomic E-state index is 12.8. The van der Waals surface area contributed by atoms with Crippen molar-refractivity contribution in [3.8, 4) is 0 Å². The van der Waals surface area contributed by atoms with E-state index in [2.05, 4.69) is 31.3 Å². The number of nitrogens with one attached hydrogen (secondary N) is 1. The SMILES string of the molecule is CCCCCCCCC/C=C\CCCCCCCC(=O)NC(COP(=O)(O)OCC[N+](C)(C)C)C(O)/C=C/CCCCCCCCCCC. The third kappa shape index (κ3) is 35.2. The highest BCUT2D eigenvalue weighted by Crippen LogP contribution is 2.43. The predicted octanol–water partition coefficient (Wildman–Crippen LogP) is 10.6. The minimum absolute atomic E-state index is 0.0606. The Morgan fingerprint density at radius 1 is 0.673 bits per heavy atom. The Balaban J connectivity index is 4.48. The molecular formula is C40H80N2O6P+. The molecule has 0 heterocycles. The molecule has 0 aromatic carbocycles. The largest absolute Gasteiger partial charge is 0.472 e. The van der Waals surface area contributed by atoms with E-state index in [4.69, 9.17) is 9.05 Å². The van der Waals surface area contributed by atoms with E-state index < -0.39 is 20.0 Å². The molecule has 290 valence electrons. The average molecular weight is 716 g/mol. The minimum Gasteiger partial charge on any atom is -0.387 e. The normalized spacial score (nSPS) is 14.8. The summed E-state index contributed by atoms with van der Waals surface area (Å²) in [6.45, 7) is 4.78. The van der Waals surface area contributed by atoms with Crippen LogP contribution in [-0.2, 0) is 18.4 Å². The van der Waals surface area contributed by atoms with Crippen molar-refractivity contribution in [3.63, 3.8) is 0 Å². The van der Waals surface area contributed by atoms with E-state index in [1.807, 2.05) is 27.2 Å². The first-order valence-electron chi connectivity index (χ1n) is 20.2. The molecule has 0 bridgehead atoms. The Morgan fingerprint density at radius 3 is 1.57 bits per heavy atom. The van der Waals surface area contributed by atoms with Gasteiger partial charge in [-0.3, -0.25) is 13.8 Å². The van der Waals surface area contributed by atoms with Gasteiger partial charge in [0.1, 0.15) is 13.2 Å². The van der Waals surface area contributed by atoms with E-state index in [-0.39, 0.29) is 19.1 Å². The van der Waals surface area contributed by atoms with Gasteiger partial charge in [0.05, 0.1) is 39.9 Å². The van der Waals surface area contributed by atoms with E-state index in [0.717, 1.165) is 51.4 Å². The number of aliphatic hydroxyl groups excluding tert-OH is 1. The smallest absolute Gasteiger partial charge is 0.387 e. The summed E-state index contributed by atoms with van der Waals surface area (Å²) in [6.07, 6.45) is 36.6. The summed E-state index contributed by atoms with van der Waals surface area (Å²) in [6, 6.07) is -0.845. The van der Waals surface area contributed by atoms with Crippen LogP contribution in [0.15, 0.2) is 24.3 Å². The molecule has 0 saturated carbocycles. The molecule has 49 heavy (non-hydrogen) atoms. The molecule has 8 nitrogen and oxygen atoms in total. The van der Waals surface area contributed by atoms with Crippen molar-refractivity contribution in [1.82, 2.24) is 5.32 Å². The summed E-state index contributed by atoms with van der Waals surface area (Å²) in [5, 5.41) is 13.7. The van der Waals surface area contributed by atoms with Gasteiger partial charge in [0, 0.05) is 6.42 Å². The quantitative estimate of drug-likeness (QED) is 0.0258. The Bertz CT molecular complexity index is 860.